The van der Waals surface area contributed by atoms with Crippen LogP contribution < -0.4 is 32.2 Å². The minimum Gasteiger partial charge on any atom is -0.496 e. The summed E-state index contributed by atoms with van der Waals surface area (Å²) in [5, 5.41) is 0. The van der Waals surface area contributed by atoms with E-state index < -0.39 is 11.7 Å². The maximum Gasteiger partial charge on any atom is 0.416 e. The molecule has 0 radical (unpaired) electrons. The van der Waals surface area contributed by atoms with Crippen molar-refractivity contribution in [2.75, 3.05) is 24.0 Å². The number of nitrogens with two attached hydrogens (primary N) is 3. The summed E-state index contributed by atoms with van der Waals surface area (Å²) in [6.07, 6.45) is -4.47. The van der Waals surface area contributed by atoms with Crippen LogP contribution in [0, 0.1) is 0 Å². The van der Waals surface area contributed by atoms with E-state index in [0.29, 0.717) is 0 Å². The summed E-state index contributed by atoms with van der Waals surface area (Å²) in [6.45, 7) is -0.218. The molecule has 7 nitrogen and oxygen atoms in total. The molecule has 10 heteroatoms. The minimum atomic E-state index is -4.47. The lowest BCUT2D eigenvalue weighted by Gasteiger charge is -2.15. The number of hydrogen-bond acceptors (Lipinski definition) is 7. The van der Waals surface area contributed by atoms with Crippen molar-refractivity contribution in [3.05, 3.63) is 35.4 Å². The molecule has 1 aromatic heterocycles. The predicted octanol–water partition coefficient (Wildman–Crippen LogP) is 2.14. The molecule has 0 atom stereocenters. The lowest BCUT2D eigenvalue weighted by Crippen LogP contribution is -2.13. The third-order valence-corrected chi connectivity index (χ3v) is 3.17. The normalized spacial score (nSPS) is 11.2. The van der Waals surface area contributed by atoms with E-state index in [4.69, 9.17) is 26.8 Å². The summed E-state index contributed by atoms with van der Waals surface area (Å²) in [6, 6.07) is 4.44. The first-order chi connectivity index (χ1) is 11.3. The van der Waals surface area contributed by atoms with Crippen LogP contribution in [0.2, 0.25) is 0 Å². The van der Waals surface area contributed by atoms with E-state index in [0.717, 1.165) is 12.1 Å². The van der Waals surface area contributed by atoms with Crippen molar-refractivity contribution in [3.8, 4) is 11.5 Å². The molecule has 0 spiro atoms. The van der Waals surface area contributed by atoms with Gasteiger partial charge in [0.25, 0.3) is 0 Å². The van der Waals surface area contributed by atoms with Crippen molar-refractivity contribution in [3.63, 3.8) is 0 Å². The number of ether oxygens (including phenoxy) is 2. The molecular weight excluding hydrogens is 327 g/mol. The summed E-state index contributed by atoms with van der Waals surface area (Å²) < 4.78 is 49.0. The van der Waals surface area contributed by atoms with Crippen molar-refractivity contribution in [2.24, 2.45) is 5.84 Å². The Morgan fingerprint density at radius 3 is 2.46 bits per heavy atom. The van der Waals surface area contributed by atoms with Gasteiger partial charge in [-0.3, -0.25) is 0 Å². The highest BCUT2D eigenvalue weighted by Crippen LogP contribution is 2.34. The topological polar surface area (TPSA) is 121 Å². The van der Waals surface area contributed by atoms with Crippen molar-refractivity contribution >= 4 is 17.3 Å². The number of halogens is 3. The van der Waals surface area contributed by atoms with Gasteiger partial charge < -0.3 is 26.4 Å². The standard InChI is InChI=1S/C14H16F3N5O2/c1-23-9-3-2-8(14(15,16)17)4-7(9)6-24-10-5-11(18)21-13(22-20)12(10)19/h2-5H,6,19-20H2,1H3,(H3,18,21,22). The van der Waals surface area contributed by atoms with Gasteiger partial charge in [0.2, 0.25) is 0 Å². The highest BCUT2D eigenvalue weighted by atomic mass is 19.4. The van der Waals surface area contributed by atoms with Gasteiger partial charge >= 0.3 is 6.18 Å². The molecule has 0 aliphatic heterocycles. The number of benzene rings is 1. The van der Waals surface area contributed by atoms with Gasteiger partial charge in [0.15, 0.2) is 5.82 Å². The average Bonchev–Trinajstić information content (AvgIpc) is 2.54. The van der Waals surface area contributed by atoms with Crippen LogP contribution in [0.4, 0.5) is 30.5 Å². The largest absolute Gasteiger partial charge is 0.496 e. The first kappa shape index (κ1) is 17.5. The number of aromatic nitrogens is 1. The van der Waals surface area contributed by atoms with Gasteiger partial charge in [-0.05, 0) is 18.2 Å². The molecular formula is C14H16F3N5O2. The van der Waals surface area contributed by atoms with E-state index in [9.17, 15) is 13.2 Å². The van der Waals surface area contributed by atoms with Gasteiger partial charge in [0.1, 0.15) is 29.6 Å². The second kappa shape index (κ2) is 6.71. The molecule has 1 heterocycles. The fraction of sp³-hybridized carbons (Fsp3) is 0.214. The molecule has 1 aromatic carbocycles. The first-order valence-corrected chi connectivity index (χ1v) is 6.65. The zero-order chi connectivity index (χ0) is 17.9. The molecule has 7 N–H and O–H groups in total. The van der Waals surface area contributed by atoms with E-state index in [-0.39, 0.29) is 41.0 Å². The Bertz CT molecular complexity index is 737. The van der Waals surface area contributed by atoms with E-state index >= 15 is 0 Å². The molecule has 130 valence electrons. The fourth-order valence-corrected chi connectivity index (χ4v) is 2.00. The third-order valence-electron chi connectivity index (χ3n) is 3.17. The molecule has 2 aromatic rings. The van der Waals surface area contributed by atoms with Gasteiger partial charge in [-0.15, -0.1) is 0 Å². The van der Waals surface area contributed by atoms with Gasteiger partial charge in [0.05, 0.1) is 12.7 Å². The third kappa shape index (κ3) is 3.71. The van der Waals surface area contributed by atoms with Crippen molar-refractivity contribution in [2.45, 2.75) is 12.8 Å². The van der Waals surface area contributed by atoms with Crippen molar-refractivity contribution < 1.29 is 22.6 Å². The molecule has 0 saturated heterocycles. The summed E-state index contributed by atoms with van der Waals surface area (Å²) in [7, 11) is 1.35. The lowest BCUT2D eigenvalue weighted by atomic mass is 10.1. The summed E-state index contributed by atoms with van der Waals surface area (Å²) >= 11 is 0. The quantitative estimate of drug-likeness (QED) is 0.485. The molecule has 24 heavy (non-hydrogen) atoms. The number of nitrogen functional groups attached to an aromatic ring is 3. The number of nitrogens with zero attached hydrogens (tertiary/aromatic N) is 1. The fourth-order valence-electron chi connectivity index (χ4n) is 2.00. The van der Waals surface area contributed by atoms with Crippen LogP contribution in [0.5, 0.6) is 11.5 Å². The molecule has 0 bridgehead atoms. The number of nitrogens with one attached hydrogen (secondary N) is 1. The average molecular weight is 343 g/mol. The number of anilines is 3. The van der Waals surface area contributed by atoms with Crippen molar-refractivity contribution in [1.82, 2.24) is 4.98 Å². The summed E-state index contributed by atoms with van der Waals surface area (Å²) in [4.78, 5) is 3.85. The Morgan fingerprint density at radius 2 is 1.88 bits per heavy atom. The highest BCUT2D eigenvalue weighted by Gasteiger charge is 2.31. The van der Waals surface area contributed by atoms with Gasteiger partial charge in [-0.25, -0.2) is 10.8 Å². The van der Waals surface area contributed by atoms with E-state index in [1.807, 2.05) is 0 Å². The van der Waals surface area contributed by atoms with Gasteiger partial charge in [-0.1, -0.05) is 0 Å². The Hall–Kier alpha value is -2.88. The van der Waals surface area contributed by atoms with Crippen molar-refractivity contribution in [1.29, 1.82) is 0 Å². The van der Waals surface area contributed by atoms with Crippen LogP contribution in [-0.2, 0) is 12.8 Å². The molecule has 0 aliphatic carbocycles. The zero-order valence-corrected chi connectivity index (χ0v) is 12.6. The smallest absolute Gasteiger partial charge is 0.416 e. The van der Waals surface area contributed by atoms with Crippen LogP contribution >= 0.6 is 0 Å². The maximum atomic E-state index is 12.8. The monoisotopic (exact) mass is 343 g/mol. The number of alkyl halides is 3. The number of hydrazine groups is 1. The van der Waals surface area contributed by atoms with Crippen LogP contribution in [0.3, 0.4) is 0 Å². The summed E-state index contributed by atoms with van der Waals surface area (Å²) in [5.74, 6) is 5.83. The second-order valence-corrected chi connectivity index (χ2v) is 4.76. The first-order valence-electron chi connectivity index (χ1n) is 6.65. The Kier molecular flexibility index (Phi) is 4.88. The molecule has 0 unspecified atom stereocenters. The number of methoxy groups -OCH3 is 1. The van der Waals surface area contributed by atoms with Crippen LogP contribution in [0.1, 0.15) is 11.1 Å². The van der Waals surface area contributed by atoms with E-state index in [1.54, 1.807) is 0 Å². The number of hydrogen-bond donors (Lipinski definition) is 4. The second-order valence-electron chi connectivity index (χ2n) is 4.76. The number of rotatable bonds is 5. The Balaban J connectivity index is 2.30. The molecule has 0 saturated carbocycles. The highest BCUT2D eigenvalue weighted by molar-refractivity contribution is 5.71. The molecule has 0 fully saturated rings. The van der Waals surface area contributed by atoms with Gasteiger partial charge in [0, 0.05) is 11.6 Å². The van der Waals surface area contributed by atoms with E-state index in [1.165, 1.54) is 19.2 Å². The van der Waals surface area contributed by atoms with E-state index in [2.05, 4.69) is 10.4 Å². The molecule has 0 amide bonds. The van der Waals surface area contributed by atoms with Gasteiger partial charge in [-0.2, -0.15) is 13.2 Å². The SMILES string of the molecule is COc1ccc(C(F)(F)F)cc1COc1cc(N)nc(NN)c1N. The Labute approximate surface area is 135 Å². The minimum absolute atomic E-state index is 0.0812. The maximum absolute atomic E-state index is 12.8. The Morgan fingerprint density at radius 1 is 1.17 bits per heavy atom. The molecule has 2 rings (SSSR count). The van der Waals surface area contributed by atoms with Crippen LogP contribution in [-0.4, -0.2) is 12.1 Å². The van der Waals surface area contributed by atoms with Crippen LogP contribution in [0.15, 0.2) is 24.3 Å². The van der Waals surface area contributed by atoms with Crippen LogP contribution in [0.25, 0.3) is 0 Å². The zero-order valence-electron chi connectivity index (χ0n) is 12.6. The number of pyridine rings is 1. The summed E-state index contributed by atoms with van der Waals surface area (Å²) in [5.41, 5.74) is 13.1. The lowest BCUT2D eigenvalue weighted by molar-refractivity contribution is -0.137. The molecule has 0 aliphatic rings. The predicted molar refractivity (Wildman–Crippen MR) is 83.2 cm³/mol.